The number of ether oxygens (including phenoxy) is 1. The van der Waals surface area contributed by atoms with E-state index in [4.69, 9.17) is 15.0 Å². The number of nitro groups is 1. The number of nitrogen functional groups attached to an aromatic ring is 1. The van der Waals surface area contributed by atoms with E-state index in [1.165, 1.54) is 30.5 Å². The number of nitrogens with one attached hydrogen (secondary N) is 1. The third-order valence-corrected chi connectivity index (χ3v) is 2.85. The molecule has 0 saturated carbocycles. The molecule has 0 atom stereocenters. The van der Waals surface area contributed by atoms with Gasteiger partial charge in [0.15, 0.2) is 5.76 Å². The van der Waals surface area contributed by atoms with Crippen molar-refractivity contribution >= 4 is 11.6 Å². The highest BCUT2D eigenvalue weighted by molar-refractivity contribution is 5.94. The van der Waals surface area contributed by atoms with Crippen LogP contribution >= 0.6 is 0 Å². The van der Waals surface area contributed by atoms with E-state index >= 15 is 0 Å². The van der Waals surface area contributed by atoms with Gasteiger partial charge in [-0.2, -0.15) is 0 Å². The highest BCUT2D eigenvalue weighted by Gasteiger charge is 2.15. The quantitative estimate of drug-likeness (QED) is 0.374. The van der Waals surface area contributed by atoms with Gasteiger partial charge in [0.2, 0.25) is 0 Å². The Morgan fingerprint density at radius 1 is 1.48 bits per heavy atom. The molecule has 110 valence electrons. The average Bonchev–Trinajstić information content (AvgIpc) is 2.93. The number of carbonyl (C=O) groups is 1. The highest BCUT2D eigenvalue weighted by atomic mass is 16.6. The Hall–Kier alpha value is -2.87. The van der Waals surface area contributed by atoms with Crippen molar-refractivity contribution in [2.24, 2.45) is 5.84 Å². The monoisotopic (exact) mass is 291 g/mol. The number of aryl methyl sites for hydroxylation is 1. The van der Waals surface area contributed by atoms with Gasteiger partial charge >= 0.3 is 0 Å². The SMILES string of the molecule is Cc1cc([N+](=O)[O-])ccc1OCc1occc1C(=O)NN. The first kappa shape index (κ1) is 14.5. The first-order valence-electron chi connectivity index (χ1n) is 5.98. The molecule has 8 heteroatoms. The minimum atomic E-state index is -0.484. The van der Waals surface area contributed by atoms with Crippen molar-refractivity contribution in [2.45, 2.75) is 13.5 Å². The molecule has 0 aliphatic carbocycles. The Morgan fingerprint density at radius 2 is 2.24 bits per heavy atom. The van der Waals surface area contributed by atoms with E-state index < -0.39 is 10.8 Å². The average molecular weight is 291 g/mol. The molecule has 1 aromatic carbocycles. The van der Waals surface area contributed by atoms with Gasteiger partial charge in [0.1, 0.15) is 12.4 Å². The second-order valence-corrected chi connectivity index (χ2v) is 4.23. The fourth-order valence-electron chi connectivity index (χ4n) is 1.78. The molecule has 0 radical (unpaired) electrons. The predicted molar refractivity (Wildman–Crippen MR) is 72.5 cm³/mol. The minimum Gasteiger partial charge on any atom is -0.485 e. The fraction of sp³-hybridized carbons (Fsp3) is 0.154. The Labute approximate surface area is 119 Å². The lowest BCUT2D eigenvalue weighted by molar-refractivity contribution is -0.384. The van der Waals surface area contributed by atoms with Gasteiger partial charge in [-0.15, -0.1) is 0 Å². The zero-order chi connectivity index (χ0) is 15.4. The molecule has 0 aliphatic heterocycles. The molecular formula is C13H13N3O5. The lowest BCUT2D eigenvalue weighted by Gasteiger charge is -2.08. The summed E-state index contributed by atoms with van der Waals surface area (Å²) in [6, 6.07) is 5.73. The lowest BCUT2D eigenvalue weighted by atomic mass is 10.2. The topological polar surface area (TPSA) is 121 Å². The van der Waals surface area contributed by atoms with Crippen molar-refractivity contribution in [1.29, 1.82) is 0 Å². The molecule has 0 unspecified atom stereocenters. The Balaban J connectivity index is 2.12. The second kappa shape index (κ2) is 6.06. The largest absolute Gasteiger partial charge is 0.485 e. The van der Waals surface area contributed by atoms with Gasteiger partial charge in [0.05, 0.1) is 16.7 Å². The zero-order valence-electron chi connectivity index (χ0n) is 11.2. The molecular weight excluding hydrogens is 278 g/mol. The third kappa shape index (κ3) is 3.18. The van der Waals surface area contributed by atoms with Crippen LogP contribution in [0.4, 0.5) is 5.69 Å². The van der Waals surface area contributed by atoms with Crippen molar-refractivity contribution in [3.8, 4) is 5.75 Å². The maximum absolute atomic E-state index is 11.5. The third-order valence-electron chi connectivity index (χ3n) is 2.85. The van der Waals surface area contributed by atoms with Gasteiger partial charge in [-0.3, -0.25) is 20.3 Å². The van der Waals surface area contributed by atoms with Crippen LogP contribution in [-0.4, -0.2) is 10.8 Å². The number of nitro benzene ring substituents is 1. The molecule has 0 bridgehead atoms. The molecule has 21 heavy (non-hydrogen) atoms. The molecule has 0 spiro atoms. The number of hydrogen-bond acceptors (Lipinski definition) is 6. The second-order valence-electron chi connectivity index (χ2n) is 4.23. The van der Waals surface area contributed by atoms with Crippen molar-refractivity contribution in [3.63, 3.8) is 0 Å². The van der Waals surface area contributed by atoms with Crippen LogP contribution in [0.2, 0.25) is 0 Å². The molecule has 0 aliphatic rings. The lowest BCUT2D eigenvalue weighted by Crippen LogP contribution is -2.30. The van der Waals surface area contributed by atoms with Gasteiger partial charge < -0.3 is 9.15 Å². The predicted octanol–water partition coefficient (Wildman–Crippen LogP) is 1.68. The molecule has 2 rings (SSSR count). The van der Waals surface area contributed by atoms with Gasteiger partial charge in [-0.1, -0.05) is 0 Å². The number of hydrogen-bond donors (Lipinski definition) is 2. The Bertz CT molecular complexity index is 680. The summed E-state index contributed by atoms with van der Waals surface area (Å²) in [6.45, 7) is 1.70. The number of rotatable bonds is 5. The molecule has 3 N–H and O–H groups in total. The highest BCUT2D eigenvalue weighted by Crippen LogP contribution is 2.24. The molecule has 0 saturated heterocycles. The Morgan fingerprint density at radius 3 is 2.86 bits per heavy atom. The number of nitrogens with zero attached hydrogens (tertiary/aromatic N) is 1. The van der Waals surface area contributed by atoms with Crippen molar-refractivity contribution in [1.82, 2.24) is 5.43 Å². The maximum Gasteiger partial charge on any atom is 0.269 e. The molecule has 2 aromatic rings. The van der Waals surface area contributed by atoms with E-state index in [0.29, 0.717) is 17.1 Å². The van der Waals surface area contributed by atoms with Crippen molar-refractivity contribution in [3.05, 3.63) is 57.5 Å². The van der Waals surface area contributed by atoms with E-state index in [9.17, 15) is 14.9 Å². The number of amides is 1. The van der Waals surface area contributed by atoms with Crippen LogP contribution in [0.5, 0.6) is 5.75 Å². The van der Waals surface area contributed by atoms with E-state index in [-0.39, 0.29) is 17.9 Å². The normalized spacial score (nSPS) is 10.2. The first-order valence-corrected chi connectivity index (χ1v) is 5.98. The van der Waals surface area contributed by atoms with Crippen LogP contribution < -0.4 is 16.0 Å². The number of furan rings is 1. The van der Waals surface area contributed by atoms with Crippen molar-refractivity contribution < 1.29 is 18.9 Å². The summed E-state index contributed by atoms with van der Waals surface area (Å²) in [5.41, 5.74) is 2.88. The summed E-state index contributed by atoms with van der Waals surface area (Å²) in [7, 11) is 0. The number of hydrazine groups is 1. The maximum atomic E-state index is 11.5. The molecule has 1 heterocycles. The van der Waals surface area contributed by atoms with E-state index in [1.54, 1.807) is 6.92 Å². The Kier molecular flexibility index (Phi) is 4.19. The molecule has 1 amide bonds. The van der Waals surface area contributed by atoms with Crippen molar-refractivity contribution in [2.75, 3.05) is 0 Å². The summed E-state index contributed by atoms with van der Waals surface area (Å²) < 4.78 is 10.7. The molecule has 8 nitrogen and oxygen atoms in total. The van der Waals surface area contributed by atoms with Crippen LogP contribution in [-0.2, 0) is 6.61 Å². The standard InChI is InChI=1S/C13H13N3O5/c1-8-6-9(16(18)19)2-3-11(8)21-7-12-10(4-5-20-12)13(17)15-14/h2-6H,7,14H2,1H3,(H,15,17). The van der Waals surface area contributed by atoms with E-state index in [2.05, 4.69) is 0 Å². The van der Waals surface area contributed by atoms with Gasteiger partial charge in [-0.05, 0) is 24.6 Å². The van der Waals surface area contributed by atoms with Gasteiger partial charge in [0, 0.05) is 12.1 Å². The van der Waals surface area contributed by atoms with Gasteiger partial charge in [0.25, 0.3) is 11.6 Å². The van der Waals surface area contributed by atoms with Crippen LogP contribution in [0, 0.1) is 17.0 Å². The minimum absolute atomic E-state index is 0.00834. The summed E-state index contributed by atoms with van der Waals surface area (Å²) in [5.74, 6) is 5.36. The molecule has 1 aromatic heterocycles. The summed E-state index contributed by atoms with van der Waals surface area (Å²) in [6.07, 6.45) is 1.35. The van der Waals surface area contributed by atoms with E-state index in [0.717, 1.165) is 0 Å². The zero-order valence-corrected chi connectivity index (χ0v) is 11.2. The number of carbonyl (C=O) groups excluding carboxylic acids is 1. The number of benzene rings is 1. The fourth-order valence-corrected chi connectivity index (χ4v) is 1.78. The van der Waals surface area contributed by atoms with Crippen LogP contribution in [0.15, 0.2) is 34.9 Å². The van der Waals surface area contributed by atoms with E-state index in [1.807, 2.05) is 5.43 Å². The number of non-ortho nitro benzene ring substituents is 1. The molecule has 0 fully saturated rings. The first-order chi connectivity index (χ1) is 10.0. The number of nitrogens with two attached hydrogens (primary N) is 1. The summed E-state index contributed by atoms with van der Waals surface area (Å²) in [5, 5.41) is 10.7. The van der Waals surface area contributed by atoms with Crippen LogP contribution in [0.1, 0.15) is 21.7 Å². The summed E-state index contributed by atoms with van der Waals surface area (Å²) >= 11 is 0. The summed E-state index contributed by atoms with van der Waals surface area (Å²) in [4.78, 5) is 21.6. The van der Waals surface area contributed by atoms with Gasteiger partial charge in [-0.25, -0.2) is 5.84 Å². The smallest absolute Gasteiger partial charge is 0.269 e. The van der Waals surface area contributed by atoms with Crippen LogP contribution in [0.25, 0.3) is 0 Å². The van der Waals surface area contributed by atoms with Crippen LogP contribution in [0.3, 0.4) is 0 Å².